The van der Waals surface area contributed by atoms with Crippen LogP contribution in [0.4, 0.5) is 10.1 Å². The van der Waals surface area contributed by atoms with E-state index in [1.807, 2.05) is 11.8 Å². The van der Waals surface area contributed by atoms with Gasteiger partial charge in [0.2, 0.25) is 0 Å². The van der Waals surface area contributed by atoms with E-state index in [-0.39, 0.29) is 11.6 Å². The minimum Gasteiger partial charge on any atom is -0.368 e. The molecule has 1 aromatic rings. The highest BCUT2D eigenvalue weighted by Gasteiger charge is 2.20. The van der Waals surface area contributed by atoms with Gasteiger partial charge in [-0.1, -0.05) is 11.6 Å². The minimum absolute atomic E-state index is 0.253. The first-order chi connectivity index (χ1) is 7.58. The van der Waals surface area contributed by atoms with Gasteiger partial charge in [-0.15, -0.1) is 0 Å². The summed E-state index contributed by atoms with van der Waals surface area (Å²) in [4.78, 5) is 13.0. The number of anilines is 1. The summed E-state index contributed by atoms with van der Waals surface area (Å²) in [5, 5.41) is 0.409. The predicted molar refractivity (Wildman–Crippen MR) is 62.6 cm³/mol. The Bertz CT molecular complexity index is 400. The molecule has 0 spiro atoms. The van der Waals surface area contributed by atoms with Gasteiger partial charge in [-0.2, -0.15) is 0 Å². The number of carbonyl (C=O) groups excluding carboxylic acids is 1. The van der Waals surface area contributed by atoms with Crippen molar-refractivity contribution in [3.63, 3.8) is 0 Å². The largest absolute Gasteiger partial charge is 0.368 e. The van der Waals surface area contributed by atoms with E-state index < -0.39 is 0 Å². The second-order valence-corrected chi connectivity index (χ2v) is 4.52. The van der Waals surface area contributed by atoms with Crippen LogP contribution in [0.15, 0.2) is 12.1 Å². The third kappa shape index (κ3) is 2.19. The number of aryl methyl sites for hydroxylation is 1. The lowest BCUT2D eigenvalue weighted by Gasteiger charge is -2.29. The number of hydrogen-bond donors (Lipinski definition) is 0. The third-order valence-corrected chi connectivity index (χ3v) is 3.07. The Morgan fingerprint density at radius 2 is 1.94 bits per heavy atom. The van der Waals surface area contributed by atoms with Crippen molar-refractivity contribution in [3.8, 4) is 0 Å². The van der Waals surface area contributed by atoms with Crippen LogP contribution in [-0.4, -0.2) is 18.9 Å². The molecule has 1 aliphatic heterocycles. The SMILES string of the molecule is Cc1cc(Cl)cc(F)c1N1CCC(=O)CC1. The van der Waals surface area contributed by atoms with Crippen LogP contribution in [0.25, 0.3) is 0 Å². The van der Waals surface area contributed by atoms with Crippen molar-refractivity contribution in [1.29, 1.82) is 0 Å². The summed E-state index contributed by atoms with van der Waals surface area (Å²) < 4.78 is 13.8. The van der Waals surface area contributed by atoms with E-state index >= 15 is 0 Å². The maximum absolute atomic E-state index is 13.8. The Balaban J connectivity index is 2.30. The fourth-order valence-electron chi connectivity index (χ4n) is 2.07. The molecule has 0 bridgehead atoms. The topological polar surface area (TPSA) is 20.3 Å². The number of nitrogens with zero attached hydrogens (tertiary/aromatic N) is 1. The van der Waals surface area contributed by atoms with Crippen LogP contribution in [0.3, 0.4) is 0 Å². The molecule has 0 aliphatic carbocycles. The van der Waals surface area contributed by atoms with E-state index in [0.717, 1.165) is 5.56 Å². The zero-order valence-corrected chi connectivity index (χ0v) is 9.85. The molecule has 2 nitrogen and oxygen atoms in total. The highest BCUT2D eigenvalue weighted by molar-refractivity contribution is 6.30. The molecule has 0 atom stereocenters. The van der Waals surface area contributed by atoms with Crippen molar-refractivity contribution in [2.24, 2.45) is 0 Å². The van der Waals surface area contributed by atoms with Crippen molar-refractivity contribution in [2.75, 3.05) is 18.0 Å². The highest BCUT2D eigenvalue weighted by Crippen LogP contribution is 2.29. The minimum atomic E-state index is -0.306. The van der Waals surface area contributed by atoms with Gasteiger partial charge in [-0.25, -0.2) is 4.39 Å². The van der Waals surface area contributed by atoms with Gasteiger partial charge in [0.05, 0.1) is 5.69 Å². The Morgan fingerprint density at radius 3 is 2.50 bits per heavy atom. The van der Waals surface area contributed by atoms with E-state index in [4.69, 9.17) is 11.6 Å². The zero-order valence-electron chi connectivity index (χ0n) is 9.09. The fraction of sp³-hybridized carbons (Fsp3) is 0.417. The van der Waals surface area contributed by atoms with Crippen LogP contribution >= 0.6 is 11.6 Å². The molecule has 1 aromatic carbocycles. The number of carbonyl (C=O) groups is 1. The molecular weight excluding hydrogens is 229 g/mol. The lowest BCUT2D eigenvalue weighted by molar-refractivity contribution is -0.119. The molecule has 0 N–H and O–H groups in total. The third-order valence-electron chi connectivity index (χ3n) is 2.86. The lowest BCUT2D eigenvalue weighted by Crippen LogP contribution is -2.34. The Kier molecular flexibility index (Phi) is 3.15. The van der Waals surface area contributed by atoms with E-state index in [9.17, 15) is 9.18 Å². The Labute approximate surface area is 99.0 Å². The lowest BCUT2D eigenvalue weighted by atomic mass is 10.1. The van der Waals surface area contributed by atoms with Crippen LogP contribution in [-0.2, 0) is 4.79 Å². The fourth-order valence-corrected chi connectivity index (χ4v) is 2.33. The molecule has 1 fully saturated rings. The van der Waals surface area contributed by atoms with Gasteiger partial charge in [-0.05, 0) is 24.6 Å². The van der Waals surface area contributed by atoms with Crippen molar-refractivity contribution in [3.05, 3.63) is 28.5 Å². The molecular formula is C12H13ClFNO. The van der Waals surface area contributed by atoms with Gasteiger partial charge in [0, 0.05) is 31.0 Å². The number of benzene rings is 1. The highest BCUT2D eigenvalue weighted by atomic mass is 35.5. The van der Waals surface area contributed by atoms with Crippen LogP contribution in [0.5, 0.6) is 0 Å². The zero-order chi connectivity index (χ0) is 11.7. The normalized spacial score (nSPS) is 16.7. The molecule has 0 amide bonds. The first-order valence-corrected chi connectivity index (χ1v) is 5.68. The van der Waals surface area contributed by atoms with Crippen molar-refractivity contribution in [2.45, 2.75) is 19.8 Å². The van der Waals surface area contributed by atoms with Crippen LogP contribution in [0.2, 0.25) is 5.02 Å². The molecule has 4 heteroatoms. The number of ketones is 1. The van der Waals surface area contributed by atoms with E-state index in [1.165, 1.54) is 6.07 Å². The van der Waals surface area contributed by atoms with Gasteiger partial charge in [0.1, 0.15) is 11.6 Å². The molecule has 1 heterocycles. The van der Waals surface area contributed by atoms with Gasteiger partial charge < -0.3 is 4.90 Å². The summed E-state index contributed by atoms with van der Waals surface area (Å²) in [5.41, 5.74) is 1.40. The molecule has 1 saturated heterocycles. The van der Waals surface area contributed by atoms with Gasteiger partial charge in [0.25, 0.3) is 0 Å². The molecule has 16 heavy (non-hydrogen) atoms. The van der Waals surface area contributed by atoms with Gasteiger partial charge in [-0.3, -0.25) is 4.79 Å². The van der Waals surface area contributed by atoms with Crippen LogP contribution < -0.4 is 4.90 Å². The molecule has 1 aliphatic rings. The molecule has 0 radical (unpaired) electrons. The van der Waals surface area contributed by atoms with E-state index in [1.54, 1.807) is 6.07 Å². The van der Waals surface area contributed by atoms with Crippen LogP contribution in [0, 0.1) is 12.7 Å². The average Bonchev–Trinajstić information content (AvgIpc) is 2.19. The smallest absolute Gasteiger partial charge is 0.148 e. The molecule has 2 rings (SSSR count). The second kappa shape index (κ2) is 4.42. The van der Waals surface area contributed by atoms with Crippen molar-refractivity contribution >= 4 is 23.1 Å². The standard InChI is InChI=1S/C12H13ClFNO/c1-8-6-9(13)7-11(14)12(8)15-4-2-10(16)3-5-15/h6-7H,2-5H2,1H3. The number of piperidine rings is 1. The van der Waals surface area contributed by atoms with E-state index in [0.29, 0.717) is 36.6 Å². The molecule has 86 valence electrons. The summed E-state index contributed by atoms with van der Waals surface area (Å²) in [6.45, 7) is 3.02. The predicted octanol–water partition coefficient (Wildman–Crippen LogP) is 2.96. The second-order valence-electron chi connectivity index (χ2n) is 4.08. The Hall–Kier alpha value is -1.09. The maximum Gasteiger partial charge on any atom is 0.148 e. The van der Waals surface area contributed by atoms with Crippen molar-refractivity contribution in [1.82, 2.24) is 0 Å². The quantitative estimate of drug-likeness (QED) is 0.754. The number of Topliss-reactive ketones (excluding diaryl/α,β-unsaturated/α-hetero) is 1. The number of halogens is 2. The summed E-state index contributed by atoms with van der Waals surface area (Å²) in [7, 11) is 0. The first kappa shape index (κ1) is 11.4. The average molecular weight is 242 g/mol. The molecule has 0 unspecified atom stereocenters. The summed E-state index contributed by atoms with van der Waals surface area (Å²) in [6, 6.07) is 3.07. The van der Waals surface area contributed by atoms with Crippen molar-refractivity contribution < 1.29 is 9.18 Å². The summed E-state index contributed by atoms with van der Waals surface area (Å²) in [5.74, 6) is -0.0531. The number of hydrogen-bond acceptors (Lipinski definition) is 2. The summed E-state index contributed by atoms with van der Waals surface area (Å²) in [6.07, 6.45) is 1.00. The number of rotatable bonds is 1. The Morgan fingerprint density at radius 1 is 1.31 bits per heavy atom. The van der Waals surface area contributed by atoms with Gasteiger partial charge >= 0.3 is 0 Å². The summed E-state index contributed by atoms with van der Waals surface area (Å²) >= 11 is 5.77. The van der Waals surface area contributed by atoms with Crippen LogP contribution in [0.1, 0.15) is 18.4 Å². The monoisotopic (exact) mass is 241 g/mol. The molecule has 0 saturated carbocycles. The van der Waals surface area contributed by atoms with E-state index in [2.05, 4.69) is 0 Å². The maximum atomic E-state index is 13.8. The molecule has 0 aromatic heterocycles. The first-order valence-electron chi connectivity index (χ1n) is 5.30. The van der Waals surface area contributed by atoms with Gasteiger partial charge in [0.15, 0.2) is 0 Å².